The van der Waals surface area contributed by atoms with Crippen molar-refractivity contribution in [3.8, 4) is 0 Å². The van der Waals surface area contributed by atoms with Crippen LogP contribution in [0.3, 0.4) is 0 Å². The van der Waals surface area contributed by atoms with Crippen molar-refractivity contribution in [1.29, 1.82) is 0 Å². The molecule has 1 aromatic carbocycles. The highest BCUT2D eigenvalue weighted by atomic mass is 32.2. The molecule has 0 radical (unpaired) electrons. The van der Waals surface area contributed by atoms with Crippen LogP contribution in [0.1, 0.15) is 66.4 Å². The van der Waals surface area contributed by atoms with Gasteiger partial charge in [0, 0.05) is 50.2 Å². The van der Waals surface area contributed by atoms with Gasteiger partial charge >= 0.3 is 0 Å². The van der Waals surface area contributed by atoms with Crippen LogP contribution in [0.15, 0.2) is 40.9 Å². The zero-order valence-electron chi connectivity index (χ0n) is 18.8. The number of carbonyl (C=O) groups is 1. The number of nitrogens with one attached hydrogen (secondary N) is 2. The van der Waals surface area contributed by atoms with E-state index >= 15 is 0 Å². The van der Waals surface area contributed by atoms with Crippen molar-refractivity contribution in [3.05, 3.63) is 53.4 Å². The minimum absolute atomic E-state index is 0.104. The van der Waals surface area contributed by atoms with Gasteiger partial charge in [-0.05, 0) is 38.2 Å². The fourth-order valence-corrected chi connectivity index (χ4v) is 6.88. The van der Waals surface area contributed by atoms with Crippen molar-refractivity contribution < 1.29 is 17.7 Å². The zero-order valence-corrected chi connectivity index (χ0v) is 19.6. The Morgan fingerprint density at radius 1 is 1.15 bits per heavy atom. The molecule has 2 aromatic rings. The monoisotopic (exact) mass is 473 g/mol. The van der Waals surface area contributed by atoms with Gasteiger partial charge in [-0.3, -0.25) is 4.79 Å². The predicted molar refractivity (Wildman–Crippen MR) is 123 cm³/mol. The van der Waals surface area contributed by atoms with Crippen LogP contribution in [0.5, 0.6) is 0 Å². The van der Waals surface area contributed by atoms with E-state index in [0.29, 0.717) is 50.6 Å². The average molecular weight is 474 g/mol. The molecule has 5 rings (SSSR count). The Morgan fingerprint density at radius 3 is 2.67 bits per heavy atom. The second-order valence-electron chi connectivity index (χ2n) is 9.29. The summed E-state index contributed by atoms with van der Waals surface area (Å²) in [7, 11) is -3.65. The van der Waals surface area contributed by atoms with Gasteiger partial charge in [-0.2, -0.15) is 17.0 Å². The molecule has 2 saturated heterocycles. The maximum atomic E-state index is 13.7. The highest BCUT2D eigenvalue weighted by molar-refractivity contribution is 7.86. The average Bonchev–Trinajstić information content (AvgIpc) is 3.55. The lowest BCUT2D eigenvalue weighted by molar-refractivity contribution is 0.0902. The van der Waals surface area contributed by atoms with Crippen molar-refractivity contribution in [2.75, 3.05) is 26.2 Å². The molecule has 3 aliphatic rings. The third-order valence-corrected chi connectivity index (χ3v) is 9.03. The van der Waals surface area contributed by atoms with E-state index < -0.39 is 10.2 Å². The normalized spacial score (nSPS) is 27.4. The fourth-order valence-electron chi connectivity index (χ4n) is 4.90. The minimum atomic E-state index is -3.65. The molecular weight excluding hydrogens is 442 g/mol. The van der Waals surface area contributed by atoms with Gasteiger partial charge in [0.15, 0.2) is 5.69 Å². The maximum Gasteiger partial charge on any atom is 0.282 e. The summed E-state index contributed by atoms with van der Waals surface area (Å²) in [6.07, 6.45) is 3.28. The van der Waals surface area contributed by atoms with Gasteiger partial charge in [-0.15, -0.1) is 0 Å². The molecule has 3 fully saturated rings. The Hall–Kier alpha value is -2.27. The number of nitrogens with zero attached hydrogens (tertiary/aromatic N) is 3. The van der Waals surface area contributed by atoms with Gasteiger partial charge in [-0.1, -0.05) is 35.5 Å². The molecule has 178 valence electrons. The summed E-state index contributed by atoms with van der Waals surface area (Å²) in [6.45, 7) is 3.93. The third kappa shape index (κ3) is 4.70. The molecule has 0 unspecified atom stereocenters. The van der Waals surface area contributed by atoms with E-state index in [1.165, 1.54) is 0 Å². The molecule has 33 heavy (non-hydrogen) atoms. The number of carbonyl (C=O) groups excluding carboxylic acids is 1. The first kappa shape index (κ1) is 22.5. The Morgan fingerprint density at radius 2 is 1.94 bits per heavy atom. The number of piperidine rings is 1. The lowest BCUT2D eigenvalue weighted by atomic mass is 10.0. The van der Waals surface area contributed by atoms with Crippen molar-refractivity contribution in [2.45, 2.75) is 56.7 Å². The van der Waals surface area contributed by atoms with Crippen LogP contribution in [-0.2, 0) is 10.2 Å². The van der Waals surface area contributed by atoms with Gasteiger partial charge in [0.2, 0.25) is 0 Å². The highest BCUT2D eigenvalue weighted by Crippen LogP contribution is 2.40. The summed E-state index contributed by atoms with van der Waals surface area (Å²) in [5.74, 6) is 0.918. The Balaban J connectivity index is 1.24. The molecule has 2 aliphatic heterocycles. The van der Waals surface area contributed by atoms with Gasteiger partial charge in [0.05, 0.1) is 6.04 Å². The minimum Gasteiger partial charge on any atom is -0.360 e. The second-order valence-corrected chi connectivity index (χ2v) is 11.1. The second kappa shape index (κ2) is 9.17. The van der Waals surface area contributed by atoms with E-state index in [2.05, 4.69) is 15.8 Å². The van der Waals surface area contributed by atoms with Crippen LogP contribution >= 0.6 is 0 Å². The number of benzene rings is 1. The number of aromatic nitrogens is 1. The summed E-state index contributed by atoms with van der Waals surface area (Å²) in [5.41, 5.74) is 1.28. The summed E-state index contributed by atoms with van der Waals surface area (Å²) >= 11 is 0. The van der Waals surface area contributed by atoms with Crippen molar-refractivity contribution >= 4 is 16.1 Å². The van der Waals surface area contributed by atoms with Gasteiger partial charge in [0.25, 0.3) is 16.1 Å². The number of hydrogen-bond acceptors (Lipinski definition) is 6. The Labute approximate surface area is 194 Å². The van der Waals surface area contributed by atoms with Crippen LogP contribution in [0.25, 0.3) is 0 Å². The quantitative estimate of drug-likeness (QED) is 0.665. The molecule has 10 heteroatoms. The van der Waals surface area contributed by atoms with Gasteiger partial charge in [0.1, 0.15) is 5.76 Å². The van der Waals surface area contributed by atoms with Gasteiger partial charge in [-0.25, -0.2) is 0 Å². The number of piperazine rings is 1. The maximum absolute atomic E-state index is 13.7. The third-order valence-electron chi connectivity index (χ3n) is 6.86. The lowest BCUT2D eigenvalue weighted by Crippen LogP contribution is -2.58. The molecule has 1 saturated carbocycles. The molecule has 1 aliphatic carbocycles. The molecule has 0 spiro atoms. The van der Waals surface area contributed by atoms with Crippen LogP contribution in [0.4, 0.5) is 0 Å². The van der Waals surface area contributed by atoms with Crippen molar-refractivity contribution in [3.63, 3.8) is 0 Å². The summed E-state index contributed by atoms with van der Waals surface area (Å²) in [5, 5.41) is 10.2. The van der Waals surface area contributed by atoms with Crippen LogP contribution < -0.4 is 10.6 Å². The number of amides is 1. The summed E-state index contributed by atoms with van der Waals surface area (Å²) in [4.78, 5) is 12.6. The number of hydrogen-bond donors (Lipinski definition) is 2. The Kier molecular flexibility index (Phi) is 6.26. The van der Waals surface area contributed by atoms with E-state index in [-0.39, 0.29) is 24.0 Å². The van der Waals surface area contributed by atoms with Crippen molar-refractivity contribution in [2.24, 2.45) is 0 Å². The van der Waals surface area contributed by atoms with E-state index in [1.807, 2.05) is 37.3 Å². The summed E-state index contributed by atoms with van der Waals surface area (Å²) < 4.78 is 35.9. The molecule has 3 heterocycles. The molecule has 1 amide bonds. The zero-order chi connectivity index (χ0) is 23.0. The number of rotatable bonds is 6. The topological polar surface area (TPSA) is 108 Å². The Bertz CT molecular complexity index is 1090. The van der Waals surface area contributed by atoms with E-state index in [1.54, 1.807) is 14.7 Å². The smallest absolute Gasteiger partial charge is 0.282 e. The van der Waals surface area contributed by atoms with E-state index in [4.69, 9.17) is 4.52 Å². The first-order chi connectivity index (χ1) is 15.9. The molecule has 3 atom stereocenters. The standard InChI is InChI=1S/C23H31N5O4S/c1-16-13-19(25-23(29)20-14-22(32-26-20)18-7-8-18)9-11-27(16)33(30,31)28-12-10-24-15-21(28)17-5-3-2-4-6-17/h2-6,14,16,18-19,21,24H,7-13,15H2,1H3,(H,25,29)/t16-,19-,21-/m0/s1. The molecule has 9 nitrogen and oxygen atoms in total. The molecular formula is C23H31N5O4S. The fraction of sp³-hybridized carbons (Fsp3) is 0.565. The van der Waals surface area contributed by atoms with Crippen molar-refractivity contribution in [1.82, 2.24) is 24.4 Å². The van der Waals surface area contributed by atoms with Crippen LogP contribution in [-0.4, -0.2) is 66.4 Å². The lowest BCUT2D eigenvalue weighted by Gasteiger charge is -2.43. The van der Waals surface area contributed by atoms with Crippen LogP contribution in [0, 0.1) is 0 Å². The van der Waals surface area contributed by atoms with Gasteiger partial charge < -0.3 is 15.2 Å². The summed E-state index contributed by atoms with van der Waals surface area (Å²) in [6, 6.07) is 10.9. The molecule has 1 aromatic heterocycles. The predicted octanol–water partition coefficient (Wildman–Crippen LogP) is 2.03. The first-order valence-corrected chi connectivity index (χ1v) is 13.1. The van der Waals surface area contributed by atoms with Crippen LogP contribution in [0.2, 0.25) is 0 Å². The SMILES string of the molecule is C[C@H]1C[C@@H](NC(=O)c2cc(C3CC3)on2)CCN1S(=O)(=O)N1CCNC[C@H]1c1ccccc1. The van der Waals surface area contributed by atoms with E-state index in [9.17, 15) is 13.2 Å². The largest absolute Gasteiger partial charge is 0.360 e. The first-order valence-electron chi connectivity index (χ1n) is 11.7. The molecule has 2 N–H and O–H groups in total. The van der Waals surface area contributed by atoms with E-state index in [0.717, 1.165) is 24.2 Å². The molecule has 0 bridgehead atoms. The highest BCUT2D eigenvalue weighted by Gasteiger charge is 2.41.